The normalized spacial score (nSPS) is 13.0. The molecule has 1 unspecified atom stereocenters. The Morgan fingerprint density at radius 2 is 1.23 bits per heavy atom. The van der Waals surface area contributed by atoms with Gasteiger partial charge in [-0.25, -0.2) is 4.57 Å². The van der Waals surface area contributed by atoms with Gasteiger partial charge in [0.1, 0.15) is 0 Å². The number of phosphoric acid groups is 1. The van der Waals surface area contributed by atoms with Gasteiger partial charge in [0.15, 0.2) is 0 Å². The van der Waals surface area contributed by atoms with E-state index in [1.54, 1.807) is 0 Å². The molecule has 8 heteroatoms. The molecule has 1 atom stereocenters. The van der Waals surface area contributed by atoms with Crippen LogP contribution in [-0.4, -0.2) is 40.1 Å². The van der Waals surface area contributed by atoms with Crippen LogP contribution in [0.1, 0.15) is 117 Å². The highest BCUT2D eigenvalue weighted by molar-refractivity contribution is 7.46. The monoisotopic (exact) mass is 465 g/mol. The fourth-order valence-electron chi connectivity index (χ4n) is 3.52. The molecule has 4 N–H and O–H groups in total. The van der Waals surface area contributed by atoms with Gasteiger partial charge in [-0.05, 0) is 12.3 Å². The van der Waals surface area contributed by atoms with Gasteiger partial charge >= 0.3 is 7.82 Å². The number of aliphatic hydroxyl groups is 1. The first-order valence-electron chi connectivity index (χ1n) is 12.4. The second-order valence-electron chi connectivity index (χ2n) is 9.13. The molecule has 0 saturated carbocycles. The zero-order valence-corrected chi connectivity index (χ0v) is 20.8. The number of carbonyl (C=O) groups excluding carboxylic acids is 1. The zero-order valence-electron chi connectivity index (χ0n) is 19.9. The Labute approximate surface area is 190 Å². The lowest BCUT2D eigenvalue weighted by Crippen LogP contribution is -2.34. The third-order valence-corrected chi connectivity index (χ3v) is 5.89. The molecule has 31 heavy (non-hydrogen) atoms. The third kappa shape index (κ3) is 25.7. The summed E-state index contributed by atoms with van der Waals surface area (Å²) in [4.78, 5) is 28.8. The SMILES string of the molecule is CC(C)CCCCCCCCCCCCCCCCC(=O)NCC(O)COP(=O)(O)O. The molecule has 1 amide bonds. The fourth-order valence-corrected chi connectivity index (χ4v) is 3.89. The first kappa shape index (κ1) is 30.5. The molecular weight excluding hydrogens is 417 g/mol. The van der Waals surface area contributed by atoms with Gasteiger partial charge in [-0.15, -0.1) is 0 Å². The molecule has 0 aliphatic rings. The van der Waals surface area contributed by atoms with Crippen LogP contribution < -0.4 is 5.32 Å². The molecule has 0 aromatic rings. The van der Waals surface area contributed by atoms with Crippen LogP contribution in [0.3, 0.4) is 0 Å². The second-order valence-corrected chi connectivity index (χ2v) is 10.4. The van der Waals surface area contributed by atoms with Crippen LogP contribution in [-0.2, 0) is 13.9 Å². The maximum atomic E-state index is 11.7. The van der Waals surface area contributed by atoms with Gasteiger partial charge in [0.05, 0.1) is 12.7 Å². The summed E-state index contributed by atoms with van der Waals surface area (Å²) in [5.74, 6) is 0.687. The number of unbranched alkanes of at least 4 members (excludes halogenated alkanes) is 13. The Balaban J connectivity index is 3.28. The highest BCUT2D eigenvalue weighted by Gasteiger charge is 2.17. The molecule has 0 aromatic carbocycles. The van der Waals surface area contributed by atoms with Crippen molar-refractivity contribution in [2.45, 2.75) is 123 Å². The standard InChI is InChI=1S/C23H48NO6P/c1-21(2)17-15-13-11-9-7-5-3-4-6-8-10-12-14-16-18-23(26)24-19-22(25)20-30-31(27,28)29/h21-22,25H,3-20H2,1-2H3,(H,24,26)(H2,27,28,29). The van der Waals surface area contributed by atoms with Crippen molar-refractivity contribution in [3.8, 4) is 0 Å². The first-order chi connectivity index (χ1) is 14.7. The Bertz CT molecular complexity index is 469. The molecule has 0 aliphatic heterocycles. The minimum absolute atomic E-state index is 0.0725. The summed E-state index contributed by atoms with van der Waals surface area (Å²) >= 11 is 0. The molecule has 0 fully saturated rings. The summed E-state index contributed by atoms with van der Waals surface area (Å²) in [5.41, 5.74) is 0. The van der Waals surface area contributed by atoms with Crippen LogP contribution in [0.2, 0.25) is 0 Å². The van der Waals surface area contributed by atoms with Crippen LogP contribution in [0.25, 0.3) is 0 Å². The van der Waals surface area contributed by atoms with Gasteiger partial charge < -0.3 is 20.2 Å². The molecule has 0 saturated heterocycles. The quantitative estimate of drug-likeness (QED) is 0.124. The molecule has 0 radical (unpaired) electrons. The minimum atomic E-state index is -4.59. The molecule has 7 nitrogen and oxygen atoms in total. The maximum absolute atomic E-state index is 11.7. The van der Waals surface area contributed by atoms with E-state index in [-0.39, 0.29) is 12.5 Å². The summed E-state index contributed by atoms with van der Waals surface area (Å²) in [6.07, 6.45) is 18.5. The molecular formula is C23H48NO6P. The van der Waals surface area contributed by atoms with Gasteiger partial charge in [0.2, 0.25) is 5.91 Å². The molecule has 0 rings (SSSR count). The minimum Gasteiger partial charge on any atom is -0.389 e. The van der Waals surface area contributed by atoms with Crippen molar-refractivity contribution < 1.29 is 28.8 Å². The number of hydrogen-bond donors (Lipinski definition) is 4. The summed E-state index contributed by atoms with van der Waals surface area (Å²) in [5, 5.41) is 12.0. The van der Waals surface area contributed by atoms with Gasteiger partial charge in [0, 0.05) is 13.0 Å². The summed E-state index contributed by atoms with van der Waals surface area (Å²) in [6, 6.07) is 0. The van der Waals surface area contributed by atoms with Crippen LogP contribution in [0, 0.1) is 5.92 Å². The van der Waals surface area contributed by atoms with E-state index in [9.17, 15) is 14.5 Å². The summed E-state index contributed by atoms with van der Waals surface area (Å²) < 4.78 is 14.7. The third-order valence-electron chi connectivity index (χ3n) is 5.41. The number of rotatable bonds is 22. The zero-order chi connectivity index (χ0) is 23.4. The van der Waals surface area contributed by atoms with E-state index in [2.05, 4.69) is 23.7 Å². The molecule has 0 heterocycles. The van der Waals surface area contributed by atoms with Gasteiger partial charge in [-0.3, -0.25) is 9.32 Å². The van der Waals surface area contributed by atoms with E-state index in [1.807, 2.05) is 0 Å². The number of hydrogen-bond acceptors (Lipinski definition) is 4. The van der Waals surface area contributed by atoms with Crippen molar-refractivity contribution in [3.63, 3.8) is 0 Å². The largest absolute Gasteiger partial charge is 0.469 e. The molecule has 0 aromatic heterocycles. The van der Waals surface area contributed by atoms with Crippen molar-refractivity contribution in [1.82, 2.24) is 5.32 Å². The lowest BCUT2D eigenvalue weighted by atomic mass is 10.0. The fraction of sp³-hybridized carbons (Fsp3) is 0.957. The predicted molar refractivity (Wildman–Crippen MR) is 126 cm³/mol. The van der Waals surface area contributed by atoms with Gasteiger partial charge in [-0.2, -0.15) is 0 Å². The average Bonchev–Trinajstić information content (AvgIpc) is 2.69. The Morgan fingerprint density at radius 3 is 1.65 bits per heavy atom. The Morgan fingerprint density at radius 1 is 0.806 bits per heavy atom. The van der Waals surface area contributed by atoms with E-state index < -0.39 is 20.5 Å². The number of carbonyl (C=O) groups is 1. The second kappa shape index (κ2) is 20.2. The number of amides is 1. The summed E-state index contributed by atoms with van der Waals surface area (Å²) in [7, 11) is -4.59. The Kier molecular flexibility index (Phi) is 19.9. The van der Waals surface area contributed by atoms with E-state index >= 15 is 0 Å². The van der Waals surface area contributed by atoms with Crippen molar-refractivity contribution in [3.05, 3.63) is 0 Å². The topological polar surface area (TPSA) is 116 Å². The van der Waals surface area contributed by atoms with E-state index in [4.69, 9.17) is 9.79 Å². The van der Waals surface area contributed by atoms with Crippen molar-refractivity contribution in [2.75, 3.05) is 13.2 Å². The van der Waals surface area contributed by atoms with Gasteiger partial charge in [-0.1, -0.05) is 104 Å². The van der Waals surface area contributed by atoms with Gasteiger partial charge in [0.25, 0.3) is 0 Å². The number of aliphatic hydroxyl groups excluding tert-OH is 1. The molecule has 186 valence electrons. The lowest BCUT2D eigenvalue weighted by Gasteiger charge is -2.12. The number of nitrogens with one attached hydrogen (secondary N) is 1. The molecule has 0 spiro atoms. The molecule has 0 bridgehead atoms. The van der Waals surface area contributed by atoms with E-state index in [0.717, 1.165) is 25.2 Å². The highest BCUT2D eigenvalue weighted by atomic mass is 31.2. The predicted octanol–water partition coefficient (Wildman–Crippen LogP) is 5.47. The Hall–Kier alpha value is -0.460. The highest BCUT2D eigenvalue weighted by Crippen LogP contribution is 2.35. The van der Waals surface area contributed by atoms with Crippen molar-refractivity contribution in [2.24, 2.45) is 5.92 Å². The van der Waals surface area contributed by atoms with E-state index in [1.165, 1.54) is 77.0 Å². The van der Waals surface area contributed by atoms with Crippen LogP contribution in [0.15, 0.2) is 0 Å². The smallest absolute Gasteiger partial charge is 0.389 e. The van der Waals surface area contributed by atoms with E-state index in [0.29, 0.717) is 6.42 Å². The first-order valence-corrected chi connectivity index (χ1v) is 13.9. The van der Waals surface area contributed by atoms with Crippen molar-refractivity contribution >= 4 is 13.7 Å². The van der Waals surface area contributed by atoms with Crippen LogP contribution in [0.4, 0.5) is 0 Å². The van der Waals surface area contributed by atoms with Crippen molar-refractivity contribution in [1.29, 1.82) is 0 Å². The summed E-state index contributed by atoms with van der Waals surface area (Å²) in [6.45, 7) is 4.02. The lowest BCUT2D eigenvalue weighted by molar-refractivity contribution is -0.121. The average molecular weight is 466 g/mol. The maximum Gasteiger partial charge on any atom is 0.469 e. The molecule has 0 aliphatic carbocycles. The number of phosphoric ester groups is 1. The van der Waals surface area contributed by atoms with Crippen LogP contribution >= 0.6 is 7.82 Å². The van der Waals surface area contributed by atoms with Crippen LogP contribution in [0.5, 0.6) is 0 Å².